The van der Waals surface area contributed by atoms with E-state index in [0.717, 1.165) is 22.7 Å². The number of hydrogen-bond acceptors (Lipinski definition) is 1. The summed E-state index contributed by atoms with van der Waals surface area (Å²) >= 11 is 0. The van der Waals surface area contributed by atoms with Crippen LogP contribution in [-0.4, -0.2) is 4.57 Å². The van der Waals surface area contributed by atoms with Gasteiger partial charge in [-0.3, -0.25) is 0 Å². The lowest BCUT2D eigenvalue weighted by Gasteiger charge is -2.30. The number of hydrogen-bond donors (Lipinski definition) is 0. The molecule has 0 unspecified atom stereocenters. The lowest BCUT2D eigenvalue weighted by Crippen LogP contribution is -2.18. The van der Waals surface area contributed by atoms with E-state index in [2.05, 4.69) is 243 Å². The highest BCUT2D eigenvalue weighted by Crippen LogP contribution is 2.53. The number of rotatable bonds is 6. The van der Waals surface area contributed by atoms with Gasteiger partial charge in [0, 0.05) is 49.9 Å². The second-order valence-corrected chi connectivity index (χ2v) is 18.1. The average molecular weight is 795 g/mol. The Kier molecular flexibility index (Phi) is 7.96. The molecule has 0 saturated carbocycles. The number of fused-ring (bicyclic) bond motifs is 9. The summed E-state index contributed by atoms with van der Waals surface area (Å²) in [4.78, 5) is 2.47. The first kappa shape index (κ1) is 36.4. The standard InChI is InChI=1S/C60H46N2/c1-59(2)52-25-15-13-23-47(52)49-35-32-44(37-54(49)59)61(45-33-36-50-48-24-14-16-26-53(48)60(3,4)55(50)38-45)43-30-27-40(28-31-43)56-51-34-29-39-17-11-12-22-46(39)58(51)62(42-20-9-6-10-21-42)57(56)41-18-7-5-8-19-41/h5-38H,1-4H3. The number of nitrogens with zero attached hydrogens (tertiary/aromatic N) is 2. The molecule has 2 aliphatic rings. The molecule has 2 nitrogen and oxygen atoms in total. The second kappa shape index (κ2) is 13.5. The van der Waals surface area contributed by atoms with Crippen LogP contribution >= 0.6 is 0 Å². The Morgan fingerprint density at radius 1 is 0.371 bits per heavy atom. The highest BCUT2D eigenvalue weighted by molar-refractivity contribution is 6.16. The second-order valence-electron chi connectivity index (χ2n) is 18.1. The fourth-order valence-electron chi connectivity index (χ4n) is 10.9. The molecule has 0 saturated heterocycles. The minimum atomic E-state index is -0.121. The molecule has 0 bridgehead atoms. The van der Waals surface area contributed by atoms with Crippen LogP contribution in [0.4, 0.5) is 17.1 Å². The Hall–Kier alpha value is -7.42. The Morgan fingerprint density at radius 3 is 1.48 bits per heavy atom. The number of aromatic nitrogens is 1. The van der Waals surface area contributed by atoms with Crippen LogP contribution in [0, 0.1) is 0 Å². The van der Waals surface area contributed by atoms with E-state index in [1.54, 1.807) is 0 Å². The van der Waals surface area contributed by atoms with Crippen LogP contribution in [-0.2, 0) is 10.8 Å². The maximum atomic E-state index is 2.48. The van der Waals surface area contributed by atoms with Crippen molar-refractivity contribution in [3.05, 3.63) is 229 Å². The van der Waals surface area contributed by atoms with Crippen LogP contribution in [0.15, 0.2) is 206 Å². The molecule has 1 aromatic heterocycles. The first-order valence-electron chi connectivity index (χ1n) is 21.9. The molecule has 0 N–H and O–H groups in total. The topological polar surface area (TPSA) is 8.17 Å². The zero-order chi connectivity index (χ0) is 41.7. The molecule has 0 aliphatic heterocycles. The third-order valence-electron chi connectivity index (χ3n) is 14.0. The van der Waals surface area contributed by atoms with E-state index in [0.29, 0.717) is 0 Å². The first-order valence-corrected chi connectivity index (χ1v) is 21.9. The molecule has 0 radical (unpaired) electrons. The highest BCUT2D eigenvalue weighted by atomic mass is 15.1. The summed E-state index contributed by atoms with van der Waals surface area (Å²) in [6.45, 7) is 9.48. The van der Waals surface area contributed by atoms with Gasteiger partial charge in [-0.25, -0.2) is 0 Å². The van der Waals surface area contributed by atoms with E-state index in [1.807, 2.05) is 0 Å². The minimum absolute atomic E-state index is 0.121. The monoisotopic (exact) mass is 794 g/mol. The highest BCUT2D eigenvalue weighted by Gasteiger charge is 2.38. The molecule has 12 rings (SSSR count). The van der Waals surface area contributed by atoms with Crippen molar-refractivity contribution in [2.45, 2.75) is 38.5 Å². The van der Waals surface area contributed by atoms with E-state index < -0.39 is 0 Å². The summed E-state index contributed by atoms with van der Waals surface area (Å²) in [7, 11) is 0. The van der Waals surface area contributed by atoms with E-state index >= 15 is 0 Å². The van der Waals surface area contributed by atoms with Crippen LogP contribution in [0.3, 0.4) is 0 Å². The Labute approximate surface area is 364 Å². The van der Waals surface area contributed by atoms with Crippen molar-refractivity contribution in [1.82, 2.24) is 4.57 Å². The number of para-hydroxylation sites is 1. The lowest BCUT2D eigenvalue weighted by atomic mass is 9.82. The number of anilines is 3. The van der Waals surface area contributed by atoms with Crippen molar-refractivity contribution in [3.63, 3.8) is 0 Å². The van der Waals surface area contributed by atoms with Crippen molar-refractivity contribution in [2.75, 3.05) is 4.90 Å². The molecule has 62 heavy (non-hydrogen) atoms. The molecule has 0 amide bonds. The summed E-state index contributed by atoms with van der Waals surface area (Å²) < 4.78 is 2.48. The zero-order valence-electron chi connectivity index (χ0n) is 35.5. The van der Waals surface area contributed by atoms with E-state index in [4.69, 9.17) is 0 Å². The van der Waals surface area contributed by atoms with Crippen LogP contribution in [0.1, 0.15) is 49.9 Å². The molecular weight excluding hydrogens is 749 g/mol. The van der Waals surface area contributed by atoms with Gasteiger partial charge in [0.1, 0.15) is 0 Å². The molecule has 1 heterocycles. The van der Waals surface area contributed by atoms with Crippen molar-refractivity contribution in [1.29, 1.82) is 0 Å². The van der Waals surface area contributed by atoms with Crippen molar-refractivity contribution < 1.29 is 0 Å². The van der Waals surface area contributed by atoms with Gasteiger partial charge in [-0.1, -0.05) is 185 Å². The predicted octanol–water partition coefficient (Wildman–Crippen LogP) is 16.2. The maximum absolute atomic E-state index is 2.48. The van der Waals surface area contributed by atoms with Gasteiger partial charge in [0.05, 0.1) is 11.2 Å². The SMILES string of the molecule is CC1(C)c2ccccc2-c2ccc(N(c3ccc(-c4c(-c5ccccc5)n(-c5ccccc5)c5c4ccc4ccccc45)cc3)c3ccc4c(c3)C(C)(C)c3ccccc3-4)cc21. The van der Waals surface area contributed by atoms with Crippen LogP contribution < -0.4 is 4.90 Å². The predicted molar refractivity (Wildman–Crippen MR) is 261 cm³/mol. The minimum Gasteiger partial charge on any atom is -0.310 e. The normalized spacial score (nSPS) is 14.1. The maximum Gasteiger partial charge on any atom is 0.0619 e. The molecule has 0 fully saturated rings. The van der Waals surface area contributed by atoms with E-state index in [1.165, 1.54) is 88.6 Å². The van der Waals surface area contributed by atoms with Crippen LogP contribution in [0.5, 0.6) is 0 Å². The molecule has 2 aliphatic carbocycles. The van der Waals surface area contributed by atoms with Gasteiger partial charge < -0.3 is 9.47 Å². The largest absolute Gasteiger partial charge is 0.310 e. The van der Waals surface area contributed by atoms with E-state index in [9.17, 15) is 0 Å². The van der Waals surface area contributed by atoms with Gasteiger partial charge in [0.15, 0.2) is 0 Å². The summed E-state index contributed by atoms with van der Waals surface area (Å²) in [5.41, 5.74) is 21.1. The average Bonchev–Trinajstić information content (AvgIpc) is 3.87. The quantitative estimate of drug-likeness (QED) is 0.163. The Balaban J connectivity index is 1.07. The molecular formula is C60H46N2. The molecule has 296 valence electrons. The van der Waals surface area contributed by atoms with Crippen LogP contribution in [0.2, 0.25) is 0 Å². The van der Waals surface area contributed by atoms with Gasteiger partial charge in [0.2, 0.25) is 0 Å². The van der Waals surface area contributed by atoms with Gasteiger partial charge in [-0.2, -0.15) is 0 Å². The number of benzene rings is 9. The summed E-state index contributed by atoms with van der Waals surface area (Å²) in [6.07, 6.45) is 0. The summed E-state index contributed by atoms with van der Waals surface area (Å²) in [5, 5.41) is 3.70. The van der Waals surface area contributed by atoms with Crippen molar-refractivity contribution in [2.24, 2.45) is 0 Å². The summed E-state index contributed by atoms with van der Waals surface area (Å²) in [5.74, 6) is 0. The van der Waals surface area contributed by atoms with Gasteiger partial charge >= 0.3 is 0 Å². The molecule has 0 spiro atoms. The fraction of sp³-hybridized carbons (Fsp3) is 0.100. The van der Waals surface area contributed by atoms with Crippen molar-refractivity contribution >= 4 is 38.7 Å². The lowest BCUT2D eigenvalue weighted by molar-refractivity contribution is 0.660. The smallest absolute Gasteiger partial charge is 0.0619 e. The van der Waals surface area contributed by atoms with Gasteiger partial charge in [-0.05, 0) is 110 Å². The molecule has 9 aromatic carbocycles. The Bertz CT molecular complexity index is 3280. The van der Waals surface area contributed by atoms with Crippen LogP contribution in [0.25, 0.3) is 72.0 Å². The van der Waals surface area contributed by atoms with E-state index in [-0.39, 0.29) is 10.8 Å². The van der Waals surface area contributed by atoms with Gasteiger partial charge in [0.25, 0.3) is 0 Å². The zero-order valence-corrected chi connectivity index (χ0v) is 35.5. The third-order valence-corrected chi connectivity index (χ3v) is 14.0. The van der Waals surface area contributed by atoms with Gasteiger partial charge in [-0.15, -0.1) is 0 Å². The first-order chi connectivity index (χ1) is 30.3. The molecule has 0 atom stereocenters. The molecule has 10 aromatic rings. The molecule has 2 heteroatoms. The van der Waals surface area contributed by atoms with Crippen molar-refractivity contribution in [3.8, 4) is 50.3 Å². The fourth-order valence-corrected chi connectivity index (χ4v) is 10.9. The third kappa shape index (κ3) is 5.29. The Morgan fingerprint density at radius 2 is 0.871 bits per heavy atom. The summed E-state index contributed by atoms with van der Waals surface area (Å²) in [6, 6.07) is 76.5.